The van der Waals surface area contributed by atoms with Crippen LogP contribution in [-0.4, -0.2) is 42.4 Å². The molecule has 0 aliphatic carbocycles. The molecule has 0 unspecified atom stereocenters. The van der Waals surface area contributed by atoms with E-state index in [0.717, 1.165) is 18.5 Å². The van der Waals surface area contributed by atoms with E-state index >= 15 is 0 Å². The third kappa shape index (κ3) is 11.2. The van der Waals surface area contributed by atoms with Gasteiger partial charge >= 0.3 is 12.2 Å². The van der Waals surface area contributed by atoms with Crippen molar-refractivity contribution in [2.45, 2.75) is 65.7 Å². The van der Waals surface area contributed by atoms with E-state index < -0.39 is 23.4 Å². The number of benzene rings is 2. The highest BCUT2D eigenvalue weighted by atomic mass is 16.6. The van der Waals surface area contributed by atoms with Gasteiger partial charge in [0.2, 0.25) is 0 Å². The Bertz CT molecular complexity index is 1020. The zero-order chi connectivity index (χ0) is 26.8. The average Bonchev–Trinajstić information content (AvgIpc) is 2.75. The minimum Gasteiger partial charge on any atom is -0.444 e. The minimum absolute atomic E-state index is 0.291. The Morgan fingerprint density at radius 1 is 0.722 bits per heavy atom. The van der Waals surface area contributed by atoms with Gasteiger partial charge in [0.1, 0.15) is 11.2 Å². The first kappa shape index (κ1) is 28.6. The molecular weight excluding hydrogens is 460 g/mol. The minimum atomic E-state index is -0.629. The number of para-hydroxylation sites is 2. The van der Waals surface area contributed by atoms with Crippen molar-refractivity contribution >= 4 is 29.5 Å². The van der Waals surface area contributed by atoms with E-state index in [2.05, 4.69) is 21.3 Å². The molecular formula is C27H38N4O5. The van der Waals surface area contributed by atoms with Gasteiger partial charge in [-0.1, -0.05) is 24.3 Å². The van der Waals surface area contributed by atoms with Gasteiger partial charge in [-0.2, -0.15) is 0 Å². The van der Waals surface area contributed by atoms with Gasteiger partial charge in [-0.3, -0.25) is 10.1 Å². The molecule has 0 saturated heterocycles. The molecule has 36 heavy (non-hydrogen) atoms. The second-order valence-electron chi connectivity index (χ2n) is 10.3. The van der Waals surface area contributed by atoms with E-state index in [4.69, 9.17) is 9.47 Å². The van der Waals surface area contributed by atoms with E-state index in [9.17, 15) is 14.4 Å². The molecule has 0 aliphatic heterocycles. The van der Waals surface area contributed by atoms with E-state index in [0.29, 0.717) is 30.0 Å². The maximum absolute atomic E-state index is 12.8. The Kier molecular flexibility index (Phi) is 10.3. The highest BCUT2D eigenvalue weighted by Crippen LogP contribution is 2.23. The lowest BCUT2D eigenvalue weighted by atomic mass is 10.1. The van der Waals surface area contributed by atoms with Crippen molar-refractivity contribution in [2.75, 3.05) is 23.7 Å². The summed E-state index contributed by atoms with van der Waals surface area (Å²) in [6.45, 7) is 12.7. The van der Waals surface area contributed by atoms with Gasteiger partial charge in [-0.05, 0) is 84.3 Å². The Morgan fingerprint density at radius 2 is 1.28 bits per heavy atom. The number of nitrogens with one attached hydrogen (secondary N) is 4. The van der Waals surface area contributed by atoms with Crippen LogP contribution < -0.4 is 21.3 Å². The SMILES string of the molecule is CC(C)(C)OC(=O)NCCCNCc1ccc(C(=O)Nc2ccccc2NC(=O)OC(C)(C)C)cc1. The first-order valence-corrected chi connectivity index (χ1v) is 12.0. The Balaban J connectivity index is 1.80. The lowest BCUT2D eigenvalue weighted by Gasteiger charge is -2.20. The molecule has 2 aromatic rings. The number of hydrogen-bond donors (Lipinski definition) is 4. The number of hydrogen-bond acceptors (Lipinski definition) is 6. The third-order valence-corrected chi connectivity index (χ3v) is 4.55. The van der Waals surface area contributed by atoms with Gasteiger partial charge in [-0.25, -0.2) is 9.59 Å². The largest absolute Gasteiger partial charge is 0.444 e. The molecule has 2 aromatic carbocycles. The van der Waals surface area contributed by atoms with Crippen LogP contribution in [0.3, 0.4) is 0 Å². The van der Waals surface area contributed by atoms with E-state index in [-0.39, 0.29) is 5.91 Å². The summed E-state index contributed by atoms with van der Waals surface area (Å²) in [5.41, 5.74) is 1.30. The molecule has 0 aliphatic rings. The Labute approximate surface area is 213 Å². The molecule has 9 heteroatoms. The summed E-state index contributed by atoms with van der Waals surface area (Å²) in [6, 6.07) is 14.2. The first-order chi connectivity index (χ1) is 16.8. The molecule has 0 spiro atoms. The summed E-state index contributed by atoms with van der Waals surface area (Å²) in [7, 11) is 0. The summed E-state index contributed by atoms with van der Waals surface area (Å²) in [4.78, 5) is 36.5. The topological polar surface area (TPSA) is 118 Å². The second kappa shape index (κ2) is 12.9. The van der Waals surface area contributed by atoms with Crippen molar-refractivity contribution in [2.24, 2.45) is 0 Å². The number of rotatable bonds is 9. The molecule has 0 heterocycles. The smallest absolute Gasteiger partial charge is 0.412 e. The quantitative estimate of drug-likeness (QED) is 0.349. The van der Waals surface area contributed by atoms with Crippen LogP contribution in [0.1, 0.15) is 63.9 Å². The zero-order valence-electron chi connectivity index (χ0n) is 22.0. The summed E-state index contributed by atoms with van der Waals surface area (Å²) < 4.78 is 10.5. The summed E-state index contributed by atoms with van der Waals surface area (Å²) in [5, 5.41) is 11.5. The van der Waals surface area contributed by atoms with Gasteiger partial charge in [0.25, 0.3) is 5.91 Å². The molecule has 0 radical (unpaired) electrons. The normalized spacial score (nSPS) is 11.4. The maximum atomic E-state index is 12.8. The molecule has 0 bridgehead atoms. The van der Waals surface area contributed by atoms with Gasteiger partial charge in [0.15, 0.2) is 0 Å². The number of carbonyl (C=O) groups is 3. The van der Waals surface area contributed by atoms with Crippen molar-refractivity contribution in [1.29, 1.82) is 0 Å². The van der Waals surface area contributed by atoms with Gasteiger partial charge in [0, 0.05) is 18.7 Å². The third-order valence-electron chi connectivity index (χ3n) is 4.55. The monoisotopic (exact) mass is 498 g/mol. The molecule has 3 amide bonds. The molecule has 4 N–H and O–H groups in total. The number of alkyl carbamates (subject to hydrolysis) is 1. The summed E-state index contributed by atoms with van der Waals surface area (Å²) in [6.07, 6.45) is -0.252. The fourth-order valence-electron chi connectivity index (χ4n) is 3.03. The van der Waals surface area contributed by atoms with Crippen molar-refractivity contribution < 1.29 is 23.9 Å². The fraction of sp³-hybridized carbons (Fsp3) is 0.444. The van der Waals surface area contributed by atoms with Gasteiger partial charge < -0.3 is 25.4 Å². The van der Waals surface area contributed by atoms with Crippen LogP contribution in [0, 0.1) is 0 Å². The molecule has 0 fully saturated rings. The summed E-state index contributed by atoms with van der Waals surface area (Å²) in [5.74, 6) is -0.291. The van der Waals surface area contributed by atoms with Crippen LogP contribution in [0.4, 0.5) is 21.0 Å². The predicted octanol–water partition coefficient (Wildman–Crippen LogP) is 5.29. The molecule has 9 nitrogen and oxygen atoms in total. The fourth-order valence-corrected chi connectivity index (χ4v) is 3.03. The molecule has 0 saturated carbocycles. The number of carbonyl (C=O) groups excluding carboxylic acids is 3. The molecule has 196 valence electrons. The van der Waals surface area contributed by atoms with Crippen molar-refractivity contribution in [3.8, 4) is 0 Å². The number of amides is 3. The van der Waals surface area contributed by atoms with Crippen LogP contribution in [-0.2, 0) is 16.0 Å². The van der Waals surface area contributed by atoms with E-state index in [1.165, 1.54) is 0 Å². The molecule has 2 rings (SSSR count). The standard InChI is InChI=1S/C27H38N4O5/c1-26(2,3)35-24(33)29-17-9-16-28-18-19-12-14-20(15-13-19)23(32)30-21-10-7-8-11-22(21)31-25(34)36-27(4,5)6/h7-8,10-15,28H,9,16-18H2,1-6H3,(H,29,33)(H,30,32)(H,31,34). The first-order valence-electron chi connectivity index (χ1n) is 12.0. The van der Waals surface area contributed by atoms with E-state index in [1.807, 2.05) is 32.9 Å². The van der Waals surface area contributed by atoms with Crippen LogP contribution in [0.2, 0.25) is 0 Å². The highest BCUT2D eigenvalue weighted by Gasteiger charge is 2.18. The van der Waals surface area contributed by atoms with Crippen LogP contribution in [0.5, 0.6) is 0 Å². The van der Waals surface area contributed by atoms with Crippen LogP contribution in [0.25, 0.3) is 0 Å². The van der Waals surface area contributed by atoms with Crippen LogP contribution in [0.15, 0.2) is 48.5 Å². The maximum Gasteiger partial charge on any atom is 0.412 e. The lowest BCUT2D eigenvalue weighted by molar-refractivity contribution is 0.0526. The molecule has 0 atom stereocenters. The Morgan fingerprint density at radius 3 is 1.86 bits per heavy atom. The van der Waals surface area contributed by atoms with Gasteiger partial charge in [0.05, 0.1) is 11.4 Å². The number of ether oxygens (including phenoxy) is 2. The predicted molar refractivity (Wildman–Crippen MR) is 141 cm³/mol. The van der Waals surface area contributed by atoms with Crippen molar-refractivity contribution in [3.63, 3.8) is 0 Å². The van der Waals surface area contributed by atoms with Crippen LogP contribution >= 0.6 is 0 Å². The average molecular weight is 499 g/mol. The second-order valence-corrected chi connectivity index (χ2v) is 10.3. The zero-order valence-corrected chi connectivity index (χ0v) is 22.0. The molecule has 0 aromatic heterocycles. The number of anilines is 2. The summed E-state index contributed by atoms with van der Waals surface area (Å²) >= 11 is 0. The Hall–Kier alpha value is -3.59. The van der Waals surface area contributed by atoms with E-state index in [1.54, 1.807) is 57.2 Å². The lowest BCUT2D eigenvalue weighted by Crippen LogP contribution is -2.33. The highest BCUT2D eigenvalue weighted by molar-refractivity contribution is 6.06. The van der Waals surface area contributed by atoms with Crippen molar-refractivity contribution in [1.82, 2.24) is 10.6 Å². The van der Waals surface area contributed by atoms with Gasteiger partial charge in [-0.15, -0.1) is 0 Å². The van der Waals surface area contributed by atoms with Crippen molar-refractivity contribution in [3.05, 3.63) is 59.7 Å².